The molecular formula is C31H43N4O6+. The van der Waals surface area contributed by atoms with Crippen molar-refractivity contribution in [3.8, 4) is 11.5 Å². The van der Waals surface area contributed by atoms with Gasteiger partial charge in [-0.1, -0.05) is 12.6 Å². The Balaban J connectivity index is 1.22. The highest BCUT2D eigenvalue weighted by atomic mass is 16.6. The minimum Gasteiger partial charge on any atom is -0.481 e. The zero-order valence-corrected chi connectivity index (χ0v) is 24.6. The number of piperidine rings is 1. The Kier molecular flexibility index (Phi) is 6.65. The van der Waals surface area contributed by atoms with Crippen LogP contribution in [-0.4, -0.2) is 96.5 Å². The molecule has 1 unspecified atom stereocenters. The summed E-state index contributed by atoms with van der Waals surface area (Å²) in [6.07, 6.45) is 4.64. The second kappa shape index (κ2) is 9.73. The Morgan fingerprint density at radius 1 is 1.29 bits per heavy atom. The molecule has 6 atom stereocenters. The van der Waals surface area contributed by atoms with Gasteiger partial charge in [0.05, 0.1) is 25.6 Å². The maximum atomic E-state index is 13.1. The van der Waals surface area contributed by atoms with Crippen molar-refractivity contribution in [2.24, 2.45) is 5.92 Å². The van der Waals surface area contributed by atoms with E-state index in [9.17, 15) is 19.5 Å². The molecule has 3 fully saturated rings. The molecule has 3 aliphatic carbocycles. The van der Waals surface area contributed by atoms with Gasteiger partial charge in [0.1, 0.15) is 23.8 Å². The quantitative estimate of drug-likeness (QED) is 0.327. The van der Waals surface area contributed by atoms with Crippen LogP contribution in [0, 0.1) is 5.92 Å². The van der Waals surface area contributed by atoms with E-state index in [1.54, 1.807) is 14.0 Å². The Labute approximate surface area is 241 Å². The standard InChI is InChI=1S/C31H42N4O6/c1-18-10-11-31(39)24-16-22-8-9-23(40-29(38)34(4)14-13-32-28(37)19(2)33-20(3)36)26-25(22)30(31,27(18)41-26)12-15-35(24,5)17-21-6-7-21/h8-9,19,21,24,27,39H,1,6-7,10-17H2,2-5H3,(H-,32,33,36,37)/p+1/t19-,24-,27-,30-,31+,35?/m0/s1. The molecule has 222 valence electrons. The molecule has 1 aromatic carbocycles. The van der Waals surface area contributed by atoms with Crippen LogP contribution in [-0.2, 0) is 21.4 Å². The molecule has 3 amide bonds. The molecule has 2 saturated carbocycles. The number of ether oxygens (including phenoxy) is 2. The van der Waals surface area contributed by atoms with Gasteiger partial charge in [0, 0.05) is 51.4 Å². The normalized spacial score (nSPS) is 33.2. The molecule has 2 aliphatic heterocycles. The lowest BCUT2D eigenvalue weighted by Gasteiger charge is -2.65. The average Bonchev–Trinajstić information content (AvgIpc) is 3.64. The van der Waals surface area contributed by atoms with Crippen LogP contribution in [0.25, 0.3) is 0 Å². The third kappa shape index (κ3) is 4.33. The first-order valence-electron chi connectivity index (χ1n) is 14.9. The van der Waals surface area contributed by atoms with E-state index in [0.29, 0.717) is 17.9 Å². The summed E-state index contributed by atoms with van der Waals surface area (Å²) in [5, 5.41) is 17.9. The van der Waals surface area contributed by atoms with Gasteiger partial charge in [0.15, 0.2) is 11.5 Å². The van der Waals surface area contributed by atoms with E-state index in [1.165, 1.54) is 30.2 Å². The summed E-state index contributed by atoms with van der Waals surface area (Å²) < 4.78 is 13.4. The lowest BCUT2D eigenvalue weighted by molar-refractivity contribution is -0.950. The zero-order valence-electron chi connectivity index (χ0n) is 24.6. The van der Waals surface area contributed by atoms with Crippen molar-refractivity contribution in [1.29, 1.82) is 0 Å². The van der Waals surface area contributed by atoms with Crippen molar-refractivity contribution in [3.63, 3.8) is 0 Å². The molecule has 0 aromatic heterocycles. The van der Waals surface area contributed by atoms with Gasteiger partial charge in [-0.3, -0.25) is 9.59 Å². The van der Waals surface area contributed by atoms with Crippen molar-refractivity contribution in [2.75, 3.05) is 40.3 Å². The van der Waals surface area contributed by atoms with Crippen molar-refractivity contribution < 1.29 is 33.4 Å². The number of quaternary nitrogens is 1. The molecule has 3 N–H and O–H groups in total. The summed E-state index contributed by atoms with van der Waals surface area (Å²) >= 11 is 0. The van der Waals surface area contributed by atoms with Gasteiger partial charge in [-0.15, -0.1) is 0 Å². The molecule has 1 saturated heterocycles. The maximum Gasteiger partial charge on any atom is 0.415 e. The summed E-state index contributed by atoms with van der Waals surface area (Å²) in [6.45, 7) is 9.86. The predicted octanol–water partition coefficient (Wildman–Crippen LogP) is 2.02. The van der Waals surface area contributed by atoms with Crippen LogP contribution in [0.2, 0.25) is 0 Å². The highest BCUT2D eigenvalue weighted by Gasteiger charge is 2.75. The van der Waals surface area contributed by atoms with Crippen LogP contribution in [0.5, 0.6) is 11.5 Å². The van der Waals surface area contributed by atoms with Gasteiger partial charge in [-0.25, -0.2) is 4.79 Å². The van der Waals surface area contributed by atoms with Crippen LogP contribution in [0.15, 0.2) is 24.3 Å². The first-order chi connectivity index (χ1) is 19.4. The van der Waals surface area contributed by atoms with Gasteiger partial charge in [-0.05, 0) is 49.8 Å². The van der Waals surface area contributed by atoms with E-state index < -0.39 is 23.2 Å². The molecule has 1 spiro atoms. The number of likely N-dealkylation sites (N-methyl/N-ethyl adjacent to an activating group) is 2. The number of hydrogen-bond acceptors (Lipinski definition) is 6. The Morgan fingerprint density at radius 3 is 2.76 bits per heavy atom. The zero-order chi connectivity index (χ0) is 29.3. The molecule has 5 aliphatic rings. The number of hydrogen-bond donors (Lipinski definition) is 3. The second-order valence-electron chi connectivity index (χ2n) is 13.3. The van der Waals surface area contributed by atoms with Gasteiger partial charge < -0.3 is 34.6 Å². The SMILES string of the molecule is C=C1CC[C@@]2(O)[C@@H]3Cc4ccc(OC(=O)N(C)CCNC(=O)[C@H](C)NC(C)=O)c5c4[C@@]2(CC[N+]3(C)CC2CC2)[C@H]1O5. The average molecular weight is 568 g/mol. The van der Waals surface area contributed by atoms with Crippen molar-refractivity contribution >= 4 is 17.9 Å². The van der Waals surface area contributed by atoms with Crippen molar-refractivity contribution in [2.45, 2.75) is 81.6 Å². The summed E-state index contributed by atoms with van der Waals surface area (Å²) in [4.78, 5) is 37.8. The van der Waals surface area contributed by atoms with Crippen molar-refractivity contribution in [3.05, 3.63) is 35.4 Å². The van der Waals surface area contributed by atoms with Gasteiger partial charge in [0.25, 0.3) is 0 Å². The molecule has 6 rings (SSSR count). The monoisotopic (exact) mass is 567 g/mol. The smallest absolute Gasteiger partial charge is 0.415 e. The van der Waals surface area contributed by atoms with Crippen LogP contribution >= 0.6 is 0 Å². The molecule has 2 bridgehead atoms. The second-order valence-corrected chi connectivity index (χ2v) is 13.3. The molecule has 0 radical (unpaired) electrons. The molecular weight excluding hydrogens is 524 g/mol. The van der Waals surface area contributed by atoms with Crippen LogP contribution < -0.4 is 20.1 Å². The van der Waals surface area contributed by atoms with E-state index in [1.807, 2.05) is 6.07 Å². The fraction of sp³-hybridized carbons (Fsp3) is 0.645. The molecule has 2 heterocycles. The van der Waals surface area contributed by atoms with Crippen LogP contribution in [0.3, 0.4) is 0 Å². The van der Waals surface area contributed by atoms with Gasteiger partial charge in [0.2, 0.25) is 11.8 Å². The minimum absolute atomic E-state index is 0.0950. The first kappa shape index (κ1) is 28.0. The van der Waals surface area contributed by atoms with Crippen LogP contribution in [0.1, 0.15) is 57.1 Å². The topological polar surface area (TPSA) is 117 Å². The number of nitrogens with one attached hydrogen (secondary N) is 2. The Hall–Kier alpha value is -3.11. The highest BCUT2D eigenvalue weighted by Crippen LogP contribution is 2.67. The number of rotatable bonds is 8. The summed E-state index contributed by atoms with van der Waals surface area (Å²) in [7, 11) is 3.94. The summed E-state index contributed by atoms with van der Waals surface area (Å²) in [6, 6.07) is 3.30. The fourth-order valence-corrected chi connectivity index (χ4v) is 8.27. The first-order valence-corrected chi connectivity index (χ1v) is 14.9. The Morgan fingerprint density at radius 2 is 2.05 bits per heavy atom. The number of carbonyl (C=O) groups excluding carboxylic acids is 3. The molecule has 10 heteroatoms. The fourth-order valence-electron chi connectivity index (χ4n) is 8.27. The molecule has 1 aromatic rings. The summed E-state index contributed by atoms with van der Waals surface area (Å²) in [5.74, 6) is 1.05. The number of benzene rings is 1. The van der Waals surface area contributed by atoms with E-state index in [2.05, 4.69) is 30.3 Å². The lowest BCUT2D eigenvalue weighted by Crippen LogP contribution is -2.80. The third-order valence-electron chi connectivity index (χ3n) is 10.5. The largest absolute Gasteiger partial charge is 0.481 e. The van der Waals surface area contributed by atoms with E-state index in [0.717, 1.165) is 53.9 Å². The lowest BCUT2D eigenvalue weighted by atomic mass is 9.48. The van der Waals surface area contributed by atoms with E-state index in [-0.39, 0.29) is 37.0 Å². The van der Waals surface area contributed by atoms with Gasteiger partial charge >= 0.3 is 6.09 Å². The molecule has 41 heavy (non-hydrogen) atoms. The molecule has 10 nitrogen and oxygen atoms in total. The minimum atomic E-state index is -0.912. The number of likely N-dealkylation sites (tertiary alicyclic amines) is 1. The number of aliphatic hydroxyl groups is 1. The van der Waals surface area contributed by atoms with Gasteiger partial charge in [-0.2, -0.15) is 0 Å². The predicted molar refractivity (Wildman–Crippen MR) is 152 cm³/mol. The number of carbonyl (C=O) groups is 3. The number of amides is 3. The van der Waals surface area contributed by atoms with Crippen LogP contribution in [0.4, 0.5) is 4.79 Å². The number of nitrogens with zero attached hydrogens (tertiary/aromatic N) is 2. The Bertz CT molecular complexity index is 1310. The maximum absolute atomic E-state index is 13.1. The third-order valence-corrected chi connectivity index (χ3v) is 10.5. The van der Waals surface area contributed by atoms with E-state index in [4.69, 9.17) is 9.47 Å². The van der Waals surface area contributed by atoms with Crippen molar-refractivity contribution in [1.82, 2.24) is 15.5 Å². The van der Waals surface area contributed by atoms with E-state index >= 15 is 0 Å². The highest BCUT2D eigenvalue weighted by molar-refractivity contribution is 5.86. The summed E-state index contributed by atoms with van der Waals surface area (Å²) in [5.41, 5.74) is 1.68.